The number of nitrogens with zero attached hydrogens (tertiary/aromatic N) is 1. The fourth-order valence-electron chi connectivity index (χ4n) is 2.14. The number of aryl methyl sites for hydroxylation is 3. The van der Waals surface area contributed by atoms with Gasteiger partial charge in [0, 0.05) is 17.1 Å². The molecule has 0 N–H and O–H groups in total. The largest absolute Gasteiger partial charge is 0.465 e. The second kappa shape index (κ2) is 4.69. The third kappa shape index (κ3) is 2.04. The maximum absolute atomic E-state index is 11.6. The third-order valence-corrected chi connectivity index (χ3v) is 3.14. The van der Waals surface area contributed by atoms with Crippen molar-refractivity contribution in [3.8, 4) is 5.69 Å². The summed E-state index contributed by atoms with van der Waals surface area (Å²) in [7, 11) is 1.40. The first-order valence-electron chi connectivity index (χ1n) is 5.89. The van der Waals surface area contributed by atoms with Crippen LogP contribution in [0, 0.1) is 20.8 Å². The second-order valence-electron chi connectivity index (χ2n) is 4.44. The summed E-state index contributed by atoms with van der Waals surface area (Å²) in [4.78, 5) is 11.6. The van der Waals surface area contributed by atoms with E-state index in [0.717, 1.165) is 22.6 Å². The van der Waals surface area contributed by atoms with Crippen LogP contribution in [0.1, 0.15) is 27.3 Å². The van der Waals surface area contributed by atoms with E-state index in [4.69, 9.17) is 4.74 Å². The van der Waals surface area contributed by atoms with Crippen LogP contribution in [0.25, 0.3) is 5.69 Å². The van der Waals surface area contributed by atoms with Crippen LogP contribution in [-0.4, -0.2) is 17.6 Å². The van der Waals surface area contributed by atoms with Gasteiger partial charge in [-0.2, -0.15) is 0 Å². The summed E-state index contributed by atoms with van der Waals surface area (Å²) >= 11 is 0. The monoisotopic (exact) mass is 243 g/mol. The molecule has 0 unspecified atom stereocenters. The number of methoxy groups -OCH3 is 1. The van der Waals surface area contributed by atoms with Crippen molar-refractivity contribution in [3.05, 3.63) is 52.8 Å². The maximum atomic E-state index is 11.6. The molecular formula is C15H17NO2. The van der Waals surface area contributed by atoms with Crippen molar-refractivity contribution in [1.82, 2.24) is 4.57 Å². The maximum Gasteiger partial charge on any atom is 0.337 e. The van der Waals surface area contributed by atoms with Crippen molar-refractivity contribution in [1.29, 1.82) is 0 Å². The normalized spacial score (nSPS) is 10.4. The fraction of sp³-hybridized carbons (Fsp3) is 0.267. The molecule has 0 aliphatic carbocycles. The number of esters is 1. The summed E-state index contributed by atoms with van der Waals surface area (Å²) in [5.74, 6) is -0.307. The number of ether oxygens (including phenoxy) is 1. The van der Waals surface area contributed by atoms with Crippen LogP contribution >= 0.6 is 0 Å². The number of carbonyl (C=O) groups excluding carboxylic acids is 1. The van der Waals surface area contributed by atoms with E-state index in [-0.39, 0.29) is 5.97 Å². The zero-order valence-electron chi connectivity index (χ0n) is 11.2. The molecule has 0 aliphatic heterocycles. The van der Waals surface area contributed by atoms with E-state index in [2.05, 4.69) is 30.5 Å². The van der Waals surface area contributed by atoms with Crippen LogP contribution in [0.3, 0.4) is 0 Å². The van der Waals surface area contributed by atoms with Gasteiger partial charge in [-0.05, 0) is 50.6 Å². The SMILES string of the molecule is COC(=O)c1ccc(C)c(-n2c(C)ccc2C)c1. The van der Waals surface area contributed by atoms with Gasteiger partial charge in [0.1, 0.15) is 0 Å². The summed E-state index contributed by atoms with van der Waals surface area (Å²) in [6.45, 7) is 6.14. The minimum Gasteiger partial charge on any atom is -0.465 e. The highest BCUT2D eigenvalue weighted by Crippen LogP contribution is 2.21. The van der Waals surface area contributed by atoms with Crippen molar-refractivity contribution in [2.45, 2.75) is 20.8 Å². The van der Waals surface area contributed by atoms with Gasteiger partial charge in [-0.3, -0.25) is 0 Å². The molecule has 2 aromatic rings. The molecule has 18 heavy (non-hydrogen) atoms. The Hall–Kier alpha value is -2.03. The van der Waals surface area contributed by atoms with E-state index in [9.17, 15) is 4.79 Å². The first-order valence-corrected chi connectivity index (χ1v) is 5.89. The molecular weight excluding hydrogens is 226 g/mol. The molecule has 0 saturated heterocycles. The van der Waals surface area contributed by atoms with Gasteiger partial charge in [0.25, 0.3) is 0 Å². The number of aromatic nitrogens is 1. The molecule has 1 aromatic carbocycles. The predicted octanol–water partition coefficient (Wildman–Crippen LogP) is 3.19. The van der Waals surface area contributed by atoms with Gasteiger partial charge in [0.05, 0.1) is 12.7 Å². The zero-order chi connectivity index (χ0) is 13.3. The second-order valence-corrected chi connectivity index (χ2v) is 4.44. The van der Waals surface area contributed by atoms with Crippen LogP contribution in [-0.2, 0) is 4.74 Å². The molecule has 0 saturated carbocycles. The van der Waals surface area contributed by atoms with Gasteiger partial charge in [-0.25, -0.2) is 4.79 Å². The Morgan fingerprint density at radius 2 is 1.67 bits per heavy atom. The first-order chi connectivity index (χ1) is 8.54. The van der Waals surface area contributed by atoms with Crippen LogP contribution in [0.2, 0.25) is 0 Å². The van der Waals surface area contributed by atoms with Crippen molar-refractivity contribution >= 4 is 5.97 Å². The van der Waals surface area contributed by atoms with E-state index >= 15 is 0 Å². The Balaban J connectivity index is 2.60. The molecule has 3 nitrogen and oxygen atoms in total. The van der Waals surface area contributed by atoms with Gasteiger partial charge in [0.15, 0.2) is 0 Å². The molecule has 2 rings (SSSR count). The summed E-state index contributed by atoms with van der Waals surface area (Å²) in [5.41, 5.74) is 5.03. The Labute approximate surface area is 107 Å². The van der Waals surface area contributed by atoms with E-state index in [1.54, 1.807) is 6.07 Å². The lowest BCUT2D eigenvalue weighted by Gasteiger charge is -2.13. The van der Waals surface area contributed by atoms with E-state index in [0.29, 0.717) is 5.56 Å². The molecule has 0 fully saturated rings. The molecule has 0 atom stereocenters. The van der Waals surface area contributed by atoms with Crippen LogP contribution in [0.4, 0.5) is 0 Å². The van der Waals surface area contributed by atoms with Crippen molar-refractivity contribution in [2.24, 2.45) is 0 Å². The Morgan fingerprint density at radius 3 is 2.22 bits per heavy atom. The number of benzene rings is 1. The lowest BCUT2D eigenvalue weighted by atomic mass is 10.1. The molecule has 3 heteroatoms. The number of carbonyl (C=O) groups is 1. The minimum atomic E-state index is -0.307. The van der Waals surface area contributed by atoms with Crippen molar-refractivity contribution in [3.63, 3.8) is 0 Å². The lowest BCUT2D eigenvalue weighted by Crippen LogP contribution is -2.06. The first kappa shape index (κ1) is 12.4. The highest BCUT2D eigenvalue weighted by Gasteiger charge is 2.11. The highest BCUT2D eigenvalue weighted by atomic mass is 16.5. The number of hydrogen-bond acceptors (Lipinski definition) is 2. The van der Waals surface area contributed by atoms with E-state index < -0.39 is 0 Å². The standard InChI is InChI=1S/C15H17NO2/c1-10-5-8-13(15(17)18-4)9-14(10)16-11(2)6-7-12(16)3/h5-9H,1-4H3. The van der Waals surface area contributed by atoms with Crippen LogP contribution in [0.15, 0.2) is 30.3 Å². The smallest absolute Gasteiger partial charge is 0.337 e. The van der Waals surface area contributed by atoms with Gasteiger partial charge in [0.2, 0.25) is 0 Å². The summed E-state index contributed by atoms with van der Waals surface area (Å²) < 4.78 is 6.90. The topological polar surface area (TPSA) is 31.2 Å². The molecule has 0 aliphatic rings. The Morgan fingerprint density at radius 1 is 1.06 bits per heavy atom. The number of rotatable bonds is 2. The quantitative estimate of drug-likeness (QED) is 0.758. The molecule has 0 spiro atoms. The molecule has 94 valence electrons. The average Bonchev–Trinajstić information content (AvgIpc) is 2.69. The van der Waals surface area contributed by atoms with Gasteiger partial charge in [-0.15, -0.1) is 0 Å². The summed E-state index contributed by atoms with van der Waals surface area (Å²) in [5, 5.41) is 0. The summed E-state index contributed by atoms with van der Waals surface area (Å²) in [6, 6.07) is 9.75. The van der Waals surface area contributed by atoms with Gasteiger partial charge >= 0.3 is 5.97 Å². The lowest BCUT2D eigenvalue weighted by molar-refractivity contribution is 0.0600. The van der Waals surface area contributed by atoms with Gasteiger partial charge in [-0.1, -0.05) is 6.07 Å². The number of hydrogen-bond donors (Lipinski definition) is 0. The Kier molecular flexibility index (Phi) is 3.24. The van der Waals surface area contributed by atoms with Crippen LogP contribution < -0.4 is 0 Å². The molecule has 0 amide bonds. The average molecular weight is 243 g/mol. The van der Waals surface area contributed by atoms with E-state index in [1.165, 1.54) is 7.11 Å². The molecule has 0 radical (unpaired) electrons. The molecule has 1 aromatic heterocycles. The molecule has 0 bridgehead atoms. The van der Waals surface area contributed by atoms with Crippen molar-refractivity contribution in [2.75, 3.05) is 7.11 Å². The van der Waals surface area contributed by atoms with Crippen molar-refractivity contribution < 1.29 is 9.53 Å². The predicted molar refractivity (Wildman–Crippen MR) is 71.3 cm³/mol. The van der Waals surface area contributed by atoms with Crippen LogP contribution in [0.5, 0.6) is 0 Å². The highest BCUT2D eigenvalue weighted by molar-refractivity contribution is 5.90. The Bertz CT molecular complexity index is 577. The fourth-order valence-corrected chi connectivity index (χ4v) is 2.14. The van der Waals surface area contributed by atoms with Gasteiger partial charge < -0.3 is 9.30 Å². The van der Waals surface area contributed by atoms with E-state index in [1.807, 2.05) is 19.1 Å². The molecule has 1 heterocycles. The zero-order valence-corrected chi connectivity index (χ0v) is 11.2. The third-order valence-electron chi connectivity index (χ3n) is 3.14. The minimum absolute atomic E-state index is 0.307. The summed E-state index contributed by atoms with van der Waals surface area (Å²) in [6.07, 6.45) is 0.